The fourth-order valence-corrected chi connectivity index (χ4v) is 2.58. The van der Waals surface area contributed by atoms with Gasteiger partial charge < -0.3 is 37.5 Å². The molecule has 0 saturated heterocycles. The van der Waals surface area contributed by atoms with E-state index in [0.29, 0.717) is 17.8 Å². The molecule has 2 heterocycles. The number of oxazole rings is 1. The van der Waals surface area contributed by atoms with Gasteiger partial charge in [-0.3, -0.25) is 9.79 Å². The number of nitrogens with one attached hydrogen (secondary N) is 2. The minimum atomic E-state index is -0.745. The largest absolute Gasteiger partial charge is 0.504 e. The Labute approximate surface area is 167 Å². The molecule has 2 aromatic heterocycles. The fraction of sp³-hybridized carbons (Fsp3) is 0.278. The van der Waals surface area contributed by atoms with Gasteiger partial charge >= 0.3 is 0 Å². The number of rotatable bonds is 8. The quantitative estimate of drug-likeness (QED) is 0.277. The molecule has 0 bridgehead atoms. The maximum atomic E-state index is 11.7. The first-order valence-electron chi connectivity index (χ1n) is 8.72. The molecule has 0 aromatic carbocycles. The maximum absolute atomic E-state index is 11.7. The first-order chi connectivity index (χ1) is 13.8. The summed E-state index contributed by atoms with van der Waals surface area (Å²) in [6.07, 6.45) is 1.07. The third-order valence-electron chi connectivity index (χ3n) is 3.95. The van der Waals surface area contributed by atoms with E-state index >= 15 is 0 Å². The normalized spacial score (nSPS) is 12.5. The van der Waals surface area contributed by atoms with Gasteiger partial charge in [0.15, 0.2) is 11.5 Å². The molecule has 154 valence electrons. The summed E-state index contributed by atoms with van der Waals surface area (Å²) in [5, 5.41) is 20.9. The highest BCUT2D eigenvalue weighted by molar-refractivity contribution is 6.09. The van der Waals surface area contributed by atoms with Gasteiger partial charge in [-0.05, 0) is 19.9 Å². The van der Waals surface area contributed by atoms with Gasteiger partial charge in [-0.2, -0.15) is 0 Å². The van der Waals surface area contributed by atoms with Crippen molar-refractivity contribution in [3.05, 3.63) is 40.4 Å². The Morgan fingerprint density at radius 2 is 2.07 bits per heavy atom. The summed E-state index contributed by atoms with van der Waals surface area (Å²) >= 11 is 0. The van der Waals surface area contributed by atoms with E-state index in [9.17, 15) is 9.90 Å². The summed E-state index contributed by atoms with van der Waals surface area (Å²) in [5.74, 6) is -0.807. The second-order valence-electron chi connectivity index (χ2n) is 5.93. The van der Waals surface area contributed by atoms with Crippen molar-refractivity contribution in [3.63, 3.8) is 0 Å². The molecule has 9 N–H and O–H groups in total. The Balaban J connectivity index is 2.82. The van der Waals surface area contributed by atoms with Crippen molar-refractivity contribution < 1.29 is 14.3 Å². The first kappa shape index (κ1) is 21.6. The van der Waals surface area contributed by atoms with Crippen molar-refractivity contribution in [2.24, 2.45) is 22.2 Å². The van der Waals surface area contributed by atoms with Crippen LogP contribution in [0.15, 0.2) is 26.9 Å². The zero-order valence-corrected chi connectivity index (χ0v) is 16.4. The van der Waals surface area contributed by atoms with E-state index in [1.807, 2.05) is 0 Å². The number of primary amides is 1. The van der Waals surface area contributed by atoms with Crippen LogP contribution < -0.4 is 22.5 Å². The first-order valence-corrected chi connectivity index (χ1v) is 8.72. The molecule has 0 unspecified atom stereocenters. The number of carbonyl (C=O) groups excluding carboxylic acids is 1. The van der Waals surface area contributed by atoms with Crippen molar-refractivity contribution >= 4 is 23.5 Å². The van der Waals surface area contributed by atoms with Crippen molar-refractivity contribution in [1.29, 1.82) is 5.41 Å². The Bertz CT molecular complexity index is 1000. The predicted octanol–water partition coefficient (Wildman–Crippen LogP) is 0.891. The average molecular weight is 400 g/mol. The molecule has 1 amide bonds. The van der Waals surface area contributed by atoms with Crippen LogP contribution >= 0.6 is 0 Å². The van der Waals surface area contributed by atoms with Crippen molar-refractivity contribution in [2.75, 3.05) is 18.9 Å². The van der Waals surface area contributed by atoms with E-state index in [4.69, 9.17) is 27.0 Å². The summed E-state index contributed by atoms with van der Waals surface area (Å²) in [7, 11) is 1.63. The molecular weight excluding hydrogens is 376 g/mol. The molecule has 0 saturated carbocycles. The van der Waals surface area contributed by atoms with Crippen molar-refractivity contribution in [3.8, 4) is 11.4 Å². The summed E-state index contributed by atoms with van der Waals surface area (Å²) in [5.41, 5.74) is 18.2. The van der Waals surface area contributed by atoms with Crippen LogP contribution in [0, 0.1) is 5.41 Å². The lowest BCUT2D eigenvalue weighted by molar-refractivity contribution is 0.0995. The van der Waals surface area contributed by atoms with E-state index in [2.05, 4.69) is 20.3 Å². The summed E-state index contributed by atoms with van der Waals surface area (Å²) in [6.45, 7) is 3.57. The molecule has 2 rings (SSSR count). The van der Waals surface area contributed by atoms with Gasteiger partial charge in [-0.15, -0.1) is 0 Å². The molecular formula is C18H24N8O3. The number of anilines is 1. The number of aliphatic hydroxyl groups excluding tert-OH is 1. The highest BCUT2D eigenvalue weighted by Crippen LogP contribution is 2.30. The molecule has 29 heavy (non-hydrogen) atoms. The van der Waals surface area contributed by atoms with Crippen LogP contribution in [-0.2, 0) is 6.54 Å². The highest BCUT2D eigenvalue weighted by atomic mass is 16.4. The van der Waals surface area contributed by atoms with Crippen molar-refractivity contribution in [1.82, 2.24) is 9.97 Å². The Hall–Kier alpha value is -3.73. The SMILES string of the molecule is CCN=C(C(O)=C(C)N)c1nc(-c2nc(C(N)=O)cc(NC)c2C=N)c(CN)o1. The lowest BCUT2D eigenvalue weighted by Crippen LogP contribution is -2.15. The predicted molar refractivity (Wildman–Crippen MR) is 110 cm³/mol. The second-order valence-corrected chi connectivity index (χ2v) is 5.93. The van der Waals surface area contributed by atoms with Crippen LogP contribution in [-0.4, -0.2) is 46.5 Å². The number of nitrogens with two attached hydrogens (primary N) is 3. The van der Waals surface area contributed by atoms with Crippen LogP contribution in [0.1, 0.15) is 41.6 Å². The number of pyridine rings is 1. The molecule has 0 radical (unpaired) electrons. The maximum Gasteiger partial charge on any atom is 0.267 e. The summed E-state index contributed by atoms with van der Waals surface area (Å²) in [6, 6.07) is 1.44. The summed E-state index contributed by atoms with van der Waals surface area (Å²) in [4.78, 5) is 24.5. The van der Waals surface area contributed by atoms with E-state index < -0.39 is 5.91 Å². The molecule has 0 aliphatic carbocycles. The van der Waals surface area contributed by atoms with Crippen LogP contribution in [0.5, 0.6) is 0 Å². The number of nitrogens with zero attached hydrogens (tertiary/aromatic N) is 3. The number of hydrogen-bond acceptors (Lipinski definition) is 10. The minimum Gasteiger partial charge on any atom is -0.504 e. The zero-order chi connectivity index (χ0) is 21.7. The van der Waals surface area contributed by atoms with E-state index in [1.165, 1.54) is 13.0 Å². The molecule has 0 spiro atoms. The van der Waals surface area contributed by atoms with Gasteiger partial charge in [0, 0.05) is 36.8 Å². The third kappa shape index (κ3) is 4.24. The van der Waals surface area contributed by atoms with Gasteiger partial charge in [0.25, 0.3) is 5.91 Å². The Morgan fingerprint density at radius 1 is 1.38 bits per heavy atom. The smallest absolute Gasteiger partial charge is 0.267 e. The number of aromatic nitrogens is 2. The lowest BCUT2D eigenvalue weighted by atomic mass is 10.1. The van der Waals surface area contributed by atoms with Crippen molar-refractivity contribution in [2.45, 2.75) is 20.4 Å². The van der Waals surface area contributed by atoms with Gasteiger partial charge in [-0.1, -0.05) is 0 Å². The minimum absolute atomic E-state index is 0.0159. The second kappa shape index (κ2) is 8.97. The highest BCUT2D eigenvalue weighted by Gasteiger charge is 2.25. The summed E-state index contributed by atoms with van der Waals surface area (Å²) < 4.78 is 5.71. The number of allylic oxidation sites excluding steroid dienone is 2. The van der Waals surface area contributed by atoms with Crippen LogP contribution in [0.2, 0.25) is 0 Å². The van der Waals surface area contributed by atoms with Crippen LogP contribution in [0.3, 0.4) is 0 Å². The molecule has 11 heteroatoms. The van der Waals surface area contributed by atoms with Gasteiger partial charge in [-0.25, -0.2) is 9.97 Å². The molecule has 0 atom stereocenters. The monoisotopic (exact) mass is 400 g/mol. The zero-order valence-electron chi connectivity index (χ0n) is 16.4. The van der Waals surface area contributed by atoms with Gasteiger partial charge in [0.1, 0.15) is 22.8 Å². The van der Waals surface area contributed by atoms with Gasteiger partial charge in [0.2, 0.25) is 5.89 Å². The van der Waals surface area contributed by atoms with Gasteiger partial charge in [0.05, 0.1) is 6.54 Å². The lowest BCUT2D eigenvalue weighted by Gasteiger charge is -2.11. The molecule has 0 aliphatic heterocycles. The molecule has 11 nitrogen and oxygen atoms in total. The average Bonchev–Trinajstić information content (AvgIpc) is 3.13. The molecule has 2 aromatic rings. The van der Waals surface area contributed by atoms with E-state index in [1.54, 1.807) is 14.0 Å². The number of aliphatic imine (C=N–C) groups is 1. The third-order valence-corrected chi connectivity index (χ3v) is 3.95. The molecule has 0 fully saturated rings. The number of amides is 1. The fourth-order valence-electron chi connectivity index (χ4n) is 2.58. The number of aliphatic hydroxyl groups is 1. The van der Waals surface area contributed by atoms with Crippen LogP contribution in [0.25, 0.3) is 11.4 Å². The topological polar surface area (TPSA) is 203 Å². The van der Waals surface area contributed by atoms with E-state index in [-0.39, 0.29) is 52.4 Å². The molecule has 0 aliphatic rings. The Morgan fingerprint density at radius 3 is 2.55 bits per heavy atom. The standard InChI is InChI=1S/C18H24N8O3/c1-4-24-15(16(27)8(2)21)18-26-14(12(7-20)29-18)13-9(6-19)10(23-3)5-11(25-13)17(22)28/h5-6,19,27H,4,7,20-21H2,1-3H3,(H2,22,28)(H,23,25). The number of carbonyl (C=O) groups is 1. The Kier molecular flexibility index (Phi) is 6.67. The van der Waals surface area contributed by atoms with E-state index in [0.717, 1.165) is 6.21 Å². The number of hydrogen-bond donors (Lipinski definition) is 6. The van der Waals surface area contributed by atoms with Crippen LogP contribution in [0.4, 0.5) is 5.69 Å².